The van der Waals surface area contributed by atoms with Gasteiger partial charge in [0.1, 0.15) is 0 Å². The van der Waals surface area contributed by atoms with Crippen LogP contribution in [0.1, 0.15) is 23.7 Å². The summed E-state index contributed by atoms with van der Waals surface area (Å²) in [6.45, 7) is 3.62. The average Bonchev–Trinajstić information content (AvgIpc) is 2.89. The molecule has 2 atom stereocenters. The molecule has 19 heavy (non-hydrogen) atoms. The monoisotopic (exact) mass is 257 g/mol. The first-order valence-electron chi connectivity index (χ1n) is 6.78. The van der Waals surface area contributed by atoms with Gasteiger partial charge in [-0.2, -0.15) is 0 Å². The van der Waals surface area contributed by atoms with Crippen molar-refractivity contribution in [3.05, 3.63) is 36.0 Å². The number of fused-ring (bicyclic) bond motifs is 1. The Morgan fingerprint density at radius 1 is 1.42 bits per heavy atom. The highest BCUT2D eigenvalue weighted by Gasteiger charge is 2.27. The van der Waals surface area contributed by atoms with Crippen LogP contribution in [0.25, 0.3) is 10.9 Å². The fourth-order valence-corrected chi connectivity index (χ4v) is 2.79. The third kappa shape index (κ3) is 2.12. The second-order valence-corrected chi connectivity index (χ2v) is 5.43. The number of nitrogens with two attached hydrogens (primary N) is 1. The van der Waals surface area contributed by atoms with Gasteiger partial charge < -0.3 is 15.6 Å². The topological polar surface area (TPSA) is 62.1 Å². The maximum Gasteiger partial charge on any atom is 0.254 e. The Labute approximate surface area is 112 Å². The fraction of sp³-hybridized carbons (Fsp3) is 0.400. The molecule has 2 aromatic rings. The zero-order valence-electron chi connectivity index (χ0n) is 11.1. The predicted molar refractivity (Wildman–Crippen MR) is 76.0 cm³/mol. The van der Waals surface area contributed by atoms with Gasteiger partial charge in [0.15, 0.2) is 0 Å². The van der Waals surface area contributed by atoms with Gasteiger partial charge in [0, 0.05) is 41.8 Å². The number of carbonyl (C=O) groups excluding carboxylic acids is 1. The van der Waals surface area contributed by atoms with Crippen LogP contribution < -0.4 is 5.73 Å². The molecule has 3 rings (SSSR count). The number of hydrogen-bond acceptors (Lipinski definition) is 2. The molecular weight excluding hydrogens is 238 g/mol. The molecule has 0 radical (unpaired) electrons. The van der Waals surface area contributed by atoms with E-state index >= 15 is 0 Å². The Kier molecular flexibility index (Phi) is 3.03. The summed E-state index contributed by atoms with van der Waals surface area (Å²) in [7, 11) is 0. The first-order chi connectivity index (χ1) is 9.16. The summed E-state index contributed by atoms with van der Waals surface area (Å²) in [6.07, 6.45) is 2.76. The number of nitrogens with one attached hydrogen (secondary N) is 1. The number of amides is 1. The molecule has 1 aliphatic heterocycles. The van der Waals surface area contributed by atoms with Gasteiger partial charge in [-0.05, 0) is 30.5 Å². The molecule has 4 heteroatoms. The van der Waals surface area contributed by atoms with Crippen molar-refractivity contribution in [3.8, 4) is 0 Å². The van der Waals surface area contributed by atoms with E-state index in [2.05, 4.69) is 11.9 Å². The molecule has 0 aliphatic carbocycles. The van der Waals surface area contributed by atoms with Crippen molar-refractivity contribution in [2.45, 2.75) is 19.4 Å². The highest BCUT2D eigenvalue weighted by atomic mass is 16.2. The summed E-state index contributed by atoms with van der Waals surface area (Å²) >= 11 is 0. The molecule has 1 amide bonds. The van der Waals surface area contributed by atoms with Crippen LogP contribution in [0.3, 0.4) is 0 Å². The van der Waals surface area contributed by atoms with Gasteiger partial charge in [-0.3, -0.25) is 4.79 Å². The Morgan fingerprint density at radius 3 is 3.05 bits per heavy atom. The minimum Gasteiger partial charge on any atom is -0.361 e. The van der Waals surface area contributed by atoms with Crippen molar-refractivity contribution in [2.75, 3.05) is 13.1 Å². The van der Waals surface area contributed by atoms with Crippen molar-refractivity contribution in [1.29, 1.82) is 0 Å². The van der Waals surface area contributed by atoms with Gasteiger partial charge in [0.25, 0.3) is 5.91 Å². The van der Waals surface area contributed by atoms with E-state index in [4.69, 9.17) is 5.73 Å². The summed E-state index contributed by atoms with van der Waals surface area (Å²) in [4.78, 5) is 17.7. The van der Waals surface area contributed by atoms with E-state index in [-0.39, 0.29) is 11.9 Å². The molecule has 0 spiro atoms. The Bertz CT molecular complexity index is 604. The third-order valence-corrected chi connectivity index (χ3v) is 4.08. The Morgan fingerprint density at radius 2 is 2.26 bits per heavy atom. The van der Waals surface area contributed by atoms with Crippen LogP contribution in [0.2, 0.25) is 0 Å². The van der Waals surface area contributed by atoms with E-state index in [0.717, 1.165) is 36.0 Å². The van der Waals surface area contributed by atoms with E-state index in [9.17, 15) is 4.79 Å². The van der Waals surface area contributed by atoms with Gasteiger partial charge in [-0.1, -0.05) is 13.0 Å². The van der Waals surface area contributed by atoms with Crippen LogP contribution >= 0.6 is 0 Å². The molecule has 1 aliphatic rings. The van der Waals surface area contributed by atoms with Crippen molar-refractivity contribution in [1.82, 2.24) is 9.88 Å². The van der Waals surface area contributed by atoms with E-state index < -0.39 is 0 Å². The highest BCUT2D eigenvalue weighted by molar-refractivity contribution is 6.06. The molecule has 2 heterocycles. The van der Waals surface area contributed by atoms with Crippen LogP contribution in [0.15, 0.2) is 30.5 Å². The average molecular weight is 257 g/mol. The summed E-state index contributed by atoms with van der Waals surface area (Å²) in [6, 6.07) is 7.98. The summed E-state index contributed by atoms with van der Waals surface area (Å²) in [5.41, 5.74) is 7.80. The van der Waals surface area contributed by atoms with Crippen LogP contribution in [0.5, 0.6) is 0 Å². The highest BCUT2D eigenvalue weighted by Crippen LogP contribution is 2.22. The molecule has 0 bridgehead atoms. The molecule has 3 N–H and O–H groups in total. The fourth-order valence-electron chi connectivity index (χ4n) is 2.79. The predicted octanol–water partition coefficient (Wildman–Crippen LogP) is 1.98. The number of H-pyrrole nitrogens is 1. The second kappa shape index (κ2) is 4.70. The number of rotatable bonds is 1. The minimum absolute atomic E-state index is 0.115. The quantitative estimate of drug-likeness (QED) is 0.820. The number of aromatic nitrogens is 1. The molecule has 100 valence electrons. The van der Waals surface area contributed by atoms with E-state index in [0.29, 0.717) is 5.92 Å². The zero-order valence-corrected chi connectivity index (χ0v) is 11.1. The smallest absolute Gasteiger partial charge is 0.254 e. The van der Waals surface area contributed by atoms with Crippen LogP contribution in [0.4, 0.5) is 0 Å². The first kappa shape index (κ1) is 12.2. The van der Waals surface area contributed by atoms with Gasteiger partial charge in [0.05, 0.1) is 0 Å². The van der Waals surface area contributed by atoms with Gasteiger partial charge >= 0.3 is 0 Å². The maximum atomic E-state index is 12.6. The lowest BCUT2D eigenvalue weighted by Crippen LogP contribution is -2.48. The normalized spacial score (nSPS) is 23.8. The Balaban J connectivity index is 1.90. The first-order valence-corrected chi connectivity index (χ1v) is 6.78. The second-order valence-electron chi connectivity index (χ2n) is 5.43. The van der Waals surface area contributed by atoms with Gasteiger partial charge in [-0.25, -0.2) is 0 Å². The van der Waals surface area contributed by atoms with Gasteiger partial charge in [-0.15, -0.1) is 0 Å². The molecule has 0 saturated carbocycles. The minimum atomic E-state index is 0.115. The number of piperidine rings is 1. The van der Waals surface area contributed by atoms with Crippen molar-refractivity contribution in [2.24, 2.45) is 11.7 Å². The lowest BCUT2D eigenvalue weighted by molar-refractivity contribution is 0.0666. The number of carbonyl (C=O) groups is 1. The lowest BCUT2D eigenvalue weighted by atomic mass is 9.94. The summed E-state index contributed by atoms with van der Waals surface area (Å²) in [5.74, 6) is 0.479. The summed E-state index contributed by atoms with van der Waals surface area (Å²) in [5, 5.41) is 0.995. The lowest BCUT2D eigenvalue weighted by Gasteiger charge is -2.35. The third-order valence-electron chi connectivity index (χ3n) is 4.08. The maximum absolute atomic E-state index is 12.6. The van der Waals surface area contributed by atoms with E-state index in [1.165, 1.54) is 0 Å². The van der Waals surface area contributed by atoms with Crippen molar-refractivity contribution in [3.63, 3.8) is 0 Å². The molecule has 1 aromatic heterocycles. The molecule has 1 saturated heterocycles. The molecule has 2 unspecified atom stereocenters. The van der Waals surface area contributed by atoms with Crippen LogP contribution in [-0.2, 0) is 0 Å². The summed E-state index contributed by atoms with van der Waals surface area (Å²) < 4.78 is 0. The molecular formula is C15H19N3O. The van der Waals surface area contributed by atoms with Crippen molar-refractivity contribution < 1.29 is 4.79 Å². The Hall–Kier alpha value is -1.81. The zero-order chi connectivity index (χ0) is 13.4. The van der Waals surface area contributed by atoms with Crippen LogP contribution in [-0.4, -0.2) is 34.9 Å². The number of likely N-dealkylation sites (tertiary alicyclic amines) is 1. The molecule has 1 fully saturated rings. The SMILES string of the molecule is CC1CN(C(=O)c2cccc3[nH]ccc23)CCC1N. The standard InChI is InChI=1S/C15H19N3O/c1-10-9-18(8-6-13(10)16)15(19)12-3-2-4-14-11(12)5-7-17-14/h2-5,7,10,13,17H,6,8-9,16H2,1H3. The van der Waals surface area contributed by atoms with E-state index in [1.807, 2.05) is 35.4 Å². The molecule has 1 aromatic carbocycles. The van der Waals surface area contributed by atoms with E-state index in [1.54, 1.807) is 0 Å². The number of benzene rings is 1. The van der Waals surface area contributed by atoms with Gasteiger partial charge in [0.2, 0.25) is 0 Å². The van der Waals surface area contributed by atoms with Crippen molar-refractivity contribution >= 4 is 16.8 Å². The largest absolute Gasteiger partial charge is 0.361 e. The number of nitrogens with zero attached hydrogens (tertiary/aromatic N) is 1. The number of hydrogen-bond donors (Lipinski definition) is 2. The number of aromatic amines is 1. The van der Waals surface area contributed by atoms with Crippen LogP contribution in [0, 0.1) is 5.92 Å². The molecule has 4 nitrogen and oxygen atoms in total.